The van der Waals surface area contributed by atoms with Crippen LogP contribution in [0.15, 0.2) is 20.6 Å². The molecular formula is C17H14O6Ti. The maximum absolute atomic E-state index is 11.7. The minimum absolute atomic E-state index is 0.283. The molecule has 0 radical (unpaired) electrons. The van der Waals surface area contributed by atoms with Gasteiger partial charge in [-0.3, -0.25) is 0 Å². The Morgan fingerprint density at radius 2 is 1.21 bits per heavy atom. The maximum atomic E-state index is 11.7. The second kappa shape index (κ2) is 7.71. The van der Waals surface area contributed by atoms with Crippen molar-refractivity contribution in [1.29, 1.82) is 0 Å². The van der Waals surface area contributed by atoms with Gasteiger partial charge in [-0.15, -0.1) is 0 Å². The van der Waals surface area contributed by atoms with Crippen LogP contribution in [-0.4, -0.2) is 17.9 Å². The number of rotatable bonds is 4. The average Bonchev–Trinajstić information content (AvgIpc) is 2.82. The van der Waals surface area contributed by atoms with E-state index in [0.29, 0.717) is 9.45 Å². The molecule has 24 heavy (non-hydrogen) atoms. The quantitative estimate of drug-likeness (QED) is 0.556. The van der Waals surface area contributed by atoms with E-state index in [9.17, 15) is 14.4 Å². The van der Waals surface area contributed by atoms with E-state index in [1.54, 1.807) is 24.7 Å². The van der Waals surface area contributed by atoms with E-state index < -0.39 is 35.7 Å². The zero-order chi connectivity index (χ0) is 18.5. The summed E-state index contributed by atoms with van der Waals surface area (Å²) >= 11 is -5.04. The fraction of sp³-hybridized carbons (Fsp3) is 0.235. The number of hydrogen-bond acceptors (Lipinski definition) is 6. The van der Waals surface area contributed by atoms with Gasteiger partial charge in [0.15, 0.2) is 0 Å². The third-order valence-electron chi connectivity index (χ3n) is 3.50. The van der Waals surface area contributed by atoms with Crippen molar-refractivity contribution in [2.75, 3.05) is 0 Å². The van der Waals surface area contributed by atoms with Crippen LogP contribution >= 0.6 is 0 Å². The number of carbonyl (C=O) groups is 3. The predicted molar refractivity (Wildman–Crippen MR) is 80.5 cm³/mol. The van der Waals surface area contributed by atoms with Gasteiger partial charge in [0.05, 0.1) is 0 Å². The Morgan fingerprint density at radius 1 is 0.833 bits per heavy atom. The summed E-state index contributed by atoms with van der Waals surface area (Å²) in [6.45, 7) is 5.39. The van der Waals surface area contributed by atoms with Crippen molar-refractivity contribution >= 4 is 17.9 Å². The van der Waals surface area contributed by atoms with Crippen molar-refractivity contribution in [2.45, 2.75) is 27.2 Å². The summed E-state index contributed by atoms with van der Waals surface area (Å²) in [7, 11) is 0. The second-order valence-corrected chi connectivity index (χ2v) is 8.48. The first-order valence-corrected chi connectivity index (χ1v) is 9.35. The van der Waals surface area contributed by atoms with Gasteiger partial charge in [0.25, 0.3) is 0 Å². The zero-order valence-electron chi connectivity index (χ0n) is 13.4. The van der Waals surface area contributed by atoms with E-state index in [1.165, 1.54) is 0 Å². The van der Waals surface area contributed by atoms with Crippen LogP contribution in [0.5, 0.6) is 0 Å². The summed E-state index contributed by atoms with van der Waals surface area (Å²) in [6.07, 6.45) is 15.3. The van der Waals surface area contributed by atoms with Crippen molar-refractivity contribution < 1.29 is 42.1 Å². The molecule has 1 aliphatic rings. The molecule has 0 bridgehead atoms. The molecule has 6 nitrogen and oxygen atoms in total. The van der Waals surface area contributed by atoms with Crippen LogP contribution in [0.4, 0.5) is 0 Å². The summed E-state index contributed by atoms with van der Waals surface area (Å²) in [4.78, 5) is 35.0. The Morgan fingerprint density at radius 3 is 1.46 bits per heavy atom. The zero-order valence-corrected chi connectivity index (χ0v) is 15.0. The molecule has 0 aliphatic heterocycles. The van der Waals surface area contributed by atoms with Crippen molar-refractivity contribution in [3.8, 4) is 37.0 Å². The monoisotopic (exact) mass is 362 g/mol. The first-order valence-electron chi connectivity index (χ1n) is 6.66. The molecule has 1 rings (SSSR count). The molecular weight excluding hydrogens is 348 g/mol. The first-order chi connectivity index (χ1) is 11.2. The van der Waals surface area contributed by atoms with Crippen LogP contribution in [0.1, 0.15) is 27.2 Å². The molecule has 0 aromatic carbocycles. The van der Waals surface area contributed by atoms with Crippen LogP contribution in [0, 0.1) is 37.0 Å². The van der Waals surface area contributed by atoms with Crippen molar-refractivity contribution in [2.24, 2.45) is 0 Å². The number of carbonyl (C=O) groups excluding carboxylic acids is 3. The summed E-state index contributed by atoms with van der Waals surface area (Å²) in [5.74, 6) is 1.74. The van der Waals surface area contributed by atoms with Crippen LogP contribution in [0.2, 0.25) is 0 Å². The van der Waals surface area contributed by atoms with Gasteiger partial charge < -0.3 is 0 Å². The Kier molecular flexibility index (Phi) is 6.21. The molecule has 0 amide bonds. The fourth-order valence-electron chi connectivity index (χ4n) is 2.12. The van der Waals surface area contributed by atoms with E-state index in [-0.39, 0.29) is 6.42 Å². The fourth-order valence-corrected chi connectivity index (χ4v) is 6.07. The van der Waals surface area contributed by atoms with Gasteiger partial charge in [-0.25, -0.2) is 0 Å². The molecule has 0 N–H and O–H groups in total. The standard InChI is InChI=1S/C8H11.3C3H2O2.Ti/c1-6-4-5-7(2)8(6)3;3*1-2-3(4)5;/h4H2,1-3H3;3*1H,(H,4,5);/q;;;;+3/p-3. The van der Waals surface area contributed by atoms with Crippen molar-refractivity contribution in [1.82, 2.24) is 0 Å². The molecule has 0 heterocycles. The van der Waals surface area contributed by atoms with Gasteiger partial charge >= 0.3 is 145 Å². The Bertz CT molecular complexity index is 725. The molecule has 7 heteroatoms. The number of hydrogen-bond donors (Lipinski definition) is 0. The van der Waals surface area contributed by atoms with E-state index in [0.717, 1.165) is 11.1 Å². The van der Waals surface area contributed by atoms with Crippen LogP contribution < -0.4 is 0 Å². The molecule has 0 aromatic rings. The average molecular weight is 362 g/mol. The van der Waals surface area contributed by atoms with Crippen molar-refractivity contribution in [3.63, 3.8) is 0 Å². The molecule has 0 unspecified atom stereocenters. The summed E-state index contributed by atoms with van der Waals surface area (Å²) in [5, 5.41) is 0. The Hall–Kier alpha value is -2.72. The van der Waals surface area contributed by atoms with E-state index >= 15 is 0 Å². The third-order valence-corrected chi connectivity index (χ3v) is 7.64. The van der Waals surface area contributed by atoms with Gasteiger partial charge in [-0.1, -0.05) is 0 Å². The van der Waals surface area contributed by atoms with Crippen molar-refractivity contribution in [3.05, 3.63) is 20.6 Å². The summed E-state index contributed by atoms with van der Waals surface area (Å²) in [6, 6.07) is 0. The molecule has 0 saturated heterocycles. The normalized spacial score (nSPS) is 13.5. The molecule has 0 spiro atoms. The topological polar surface area (TPSA) is 78.9 Å². The van der Waals surface area contributed by atoms with E-state index in [1.807, 2.05) is 13.8 Å². The van der Waals surface area contributed by atoms with Gasteiger partial charge in [-0.2, -0.15) is 0 Å². The van der Waals surface area contributed by atoms with Crippen LogP contribution in [0.25, 0.3) is 0 Å². The van der Waals surface area contributed by atoms with Gasteiger partial charge in [0.2, 0.25) is 0 Å². The molecule has 1 aliphatic carbocycles. The molecule has 122 valence electrons. The molecule has 0 aromatic heterocycles. The number of allylic oxidation sites excluding steroid dienone is 4. The summed E-state index contributed by atoms with van der Waals surface area (Å²) in [5.41, 5.74) is 2.50. The summed E-state index contributed by atoms with van der Waals surface area (Å²) < 4.78 is 15.8. The minimum atomic E-state index is -5.04. The molecule has 0 atom stereocenters. The van der Waals surface area contributed by atoms with Gasteiger partial charge in [0.1, 0.15) is 0 Å². The number of terminal acetylenes is 3. The first kappa shape index (κ1) is 19.3. The Labute approximate surface area is 145 Å². The SMILES string of the molecule is C#CC(=O)[O][Ti]([O]C(=O)C#C)([O]C(=O)C#C)[C]1=C(C)C(C)=C(C)C1. The van der Waals surface area contributed by atoms with E-state index in [2.05, 4.69) is 0 Å². The van der Waals surface area contributed by atoms with Crippen LogP contribution in [-0.2, 0) is 42.1 Å². The third kappa shape index (κ3) is 3.97. The molecule has 0 fully saturated rings. The van der Waals surface area contributed by atoms with Crippen LogP contribution in [0.3, 0.4) is 0 Å². The predicted octanol–water partition coefficient (Wildman–Crippen LogP) is 1.43. The van der Waals surface area contributed by atoms with E-state index in [4.69, 9.17) is 29.2 Å². The Balaban J connectivity index is 3.53. The second-order valence-electron chi connectivity index (χ2n) is 4.84. The van der Waals surface area contributed by atoms with Gasteiger partial charge in [-0.05, 0) is 0 Å². The molecule has 0 saturated carbocycles. The van der Waals surface area contributed by atoms with Gasteiger partial charge in [0, 0.05) is 0 Å².